The van der Waals surface area contributed by atoms with Gasteiger partial charge in [-0.05, 0) is 43.0 Å². The Kier molecular flexibility index (Phi) is 9.81. The van der Waals surface area contributed by atoms with Crippen LogP contribution < -0.4 is 10.6 Å². The molecule has 1 heterocycles. The lowest BCUT2D eigenvalue weighted by molar-refractivity contribution is 0.0179. The summed E-state index contributed by atoms with van der Waals surface area (Å²) in [6.07, 6.45) is 3.23. The Hall–Kier alpha value is -1.31. The lowest BCUT2D eigenvalue weighted by Gasteiger charge is -2.34. The monoisotopic (exact) mass is 382 g/mol. The summed E-state index contributed by atoms with van der Waals surface area (Å²) in [6, 6.07) is 6.91. The van der Waals surface area contributed by atoms with Crippen molar-refractivity contribution in [2.24, 2.45) is 4.99 Å². The van der Waals surface area contributed by atoms with Gasteiger partial charge in [0.1, 0.15) is 5.82 Å². The molecule has 2 N–H and O–H groups in total. The summed E-state index contributed by atoms with van der Waals surface area (Å²) < 4.78 is 18.8. The van der Waals surface area contributed by atoms with Crippen molar-refractivity contribution in [3.63, 3.8) is 0 Å². The number of ether oxygens (including phenoxy) is 1. The van der Waals surface area contributed by atoms with Crippen LogP contribution in [-0.4, -0.2) is 68.8 Å². The number of halogens is 1. The van der Waals surface area contributed by atoms with E-state index in [1.807, 2.05) is 23.9 Å². The third-order valence-electron chi connectivity index (χ3n) is 4.33. The number of hydrogen-bond acceptors (Lipinski definition) is 4. The molecule has 0 saturated carbocycles. The Morgan fingerprint density at radius 1 is 1.27 bits per heavy atom. The van der Waals surface area contributed by atoms with Crippen LogP contribution in [0.4, 0.5) is 4.39 Å². The molecule has 5 nitrogen and oxygen atoms in total. The van der Waals surface area contributed by atoms with Crippen LogP contribution in [0.25, 0.3) is 0 Å². The van der Waals surface area contributed by atoms with Gasteiger partial charge in [0, 0.05) is 26.2 Å². The Morgan fingerprint density at radius 2 is 2.00 bits per heavy atom. The topological polar surface area (TPSA) is 48.9 Å². The lowest BCUT2D eigenvalue weighted by Crippen LogP contribution is -2.42. The highest BCUT2D eigenvalue weighted by Gasteiger charge is 2.22. The number of aliphatic imine (C=N–C) groups is 1. The van der Waals surface area contributed by atoms with E-state index in [4.69, 9.17) is 9.73 Å². The standard InChI is InChI=1S/C19H31FN4OS/c1-3-21-19(22-9-4-14-26-2)23-15-18(24-10-12-25-13-11-24)16-5-7-17(20)8-6-16/h5-8,18H,3-4,9-15H2,1-2H3,(H2,21,22,23). The van der Waals surface area contributed by atoms with Crippen molar-refractivity contribution in [1.29, 1.82) is 0 Å². The predicted molar refractivity (Wildman–Crippen MR) is 109 cm³/mol. The summed E-state index contributed by atoms with van der Waals surface area (Å²) in [5.74, 6) is 1.77. The Morgan fingerprint density at radius 3 is 2.65 bits per heavy atom. The second kappa shape index (κ2) is 12.1. The minimum absolute atomic E-state index is 0.126. The van der Waals surface area contributed by atoms with Gasteiger partial charge in [0.25, 0.3) is 0 Å². The summed E-state index contributed by atoms with van der Waals surface area (Å²) >= 11 is 1.85. The van der Waals surface area contributed by atoms with Gasteiger partial charge in [0.2, 0.25) is 0 Å². The maximum atomic E-state index is 13.3. The van der Waals surface area contributed by atoms with E-state index in [0.29, 0.717) is 6.54 Å². The molecule has 0 aliphatic carbocycles. The van der Waals surface area contributed by atoms with E-state index in [0.717, 1.165) is 63.1 Å². The summed E-state index contributed by atoms with van der Waals surface area (Å²) in [5, 5.41) is 6.70. The van der Waals surface area contributed by atoms with Crippen LogP contribution in [0.3, 0.4) is 0 Å². The molecule has 0 amide bonds. The van der Waals surface area contributed by atoms with Gasteiger partial charge < -0.3 is 15.4 Å². The molecular formula is C19H31FN4OS. The molecule has 7 heteroatoms. The van der Waals surface area contributed by atoms with Gasteiger partial charge in [-0.1, -0.05) is 12.1 Å². The second-order valence-corrected chi connectivity index (χ2v) is 7.19. The van der Waals surface area contributed by atoms with Crippen LogP contribution in [0, 0.1) is 5.82 Å². The molecular weight excluding hydrogens is 351 g/mol. The average Bonchev–Trinajstić information content (AvgIpc) is 2.67. The molecule has 26 heavy (non-hydrogen) atoms. The van der Waals surface area contributed by atoms with Crippen molar-refractivity contribution in [2.45, 2.75) is 19.4 Å². The first-order chi connectivity index (χ1) is 12.7. The summed E-state index contributed by atoms with van der Waals surface area (Å²) in [6.45, 7) is 7.63. The van der Waals surface area contributed by atoms with Crippen molar-refractivity contribution in [3.8, 4) is 0 Å². The van der Waals surface area contributed by atoms with Gasteiger partial charge in [0.15, 0.2) is 5.96 Å². The highest BCUT2D eigenvalue weighted by atomic mass is 32.2. The van der Waals surface area contributed by atoms with Gasteiger partial charge >= 0.3 is 0 Å². The van der Waals surface area contributed by atoms with Crippen molar-refractivity contribution in [3.05, 3.63) is 35.6 Å². The van der Waals surface area contributed by atoms with E-state index in [1.54, 1.807) is 0 Å². The van der Waals surface area contributed by atoms with Crippen LogP contribution in [0.15, 0.2) is 29.3 Å². The Labute approximate surface area is 160 Å². The zero-order chi connectivity index (χ0) is 18.6. The SMILES string of the molecule is CCNC(=NCC(c1ccc(F)cc1)N1CCOCC1)NCCCSC. The van der Waals surface area contributed by atoms with Crippen LogP contribution in [0.5, 0.6) is 0 Å². The number of rotatable bonds is 9. The van der Waals surface area contributed by atoms with Gasteiger partial charge in [-0.15, -0.1) is 0 Å². The Balaban J connectivity index is 2.06. The molecule has 2 rings (SSSR count). The second-order valence-electron chi connectivity index (χ2n) is 6.21. The molecule has 1 aliphatic rings. The molecule has 0 bridgehead atoms. The van der Waals surface area contributed by atoms with E-state index >= 15 is 0 Å². The van der Waals surface area contributed by atoms with Crippen molar-refractivity contribution >= 4 is 17.7 Å². The van der Waals surface area contributed by atoms with Crippen LogP contribution >= 0.6 is 11.8 Å². The fourth-order valence-electron chi connectivity index (χ4n) is 2.95. The number of nitrogens with zero attached hydrogens (tertiary/aromatic N) is 2. The normalized spacial score (nSPS) is 17.1. The van der Waals surface area contributed by atoms with E-state index in [-0.39, 0.29) is 11.9 Å². The lowest BCUT2D eigenvalue weighted by atomic mass is 10.0. The van der Waals surface area contributed by atoms with Gasteiger partial charge in [0.05, 0.1) is 25.8 Å². The first-order valence-electron chi connectivity index (χ1n) is 9.33. The predicted octanol–water partition coefficient (Wildman–Crippen LogP) is 2.51. The van der Waals surface area contributed by atoms with E-state index in [9.17, 15) is 4.39 Å². The molecule has 0 radical (unpaired) electrons. The van der Waals surface area contributed by atoms with Gasteiger partial charge in [-0.25, -0.2) is 4.39 Å². The molecule has 1 aliphatic heterocycles. The fraction of sp³-hybridized carbons (Fsp3) is 0.632. The maximum absolute atomic E-state index is 13.3. The van der Waals surface area contributed by atoms with Crippen LogP contribution in [-0.2, 0) is 4.74 Å². The third-order valence-corrected chi connectivity index (χ3v) is 5.02. The van der Waals surface area contributed by atoms with Gasteiger partial charge in [-0.3, -0.25) is 9.89 Å². The number of benzene rings is 1. The molecule has 1 aromatic carbocycles. The van der Waals surface area contributed by atoms with E-state index < -0.39 is 0 Å². The highest BCUT2D eigenvalue weighted by molar-refractivity contribution is 7.98. The molecule has 1 aromatic rings. The molecule has 0 aromatic heterocycles. The number of hydrogen-bond donors (Lipinski definition) is 2. The van der Waals surface area contributed by atoms with Crippen LogP contribution in [0.1, 0.15) is 24.9 Å². The molecule has 1 fully saturated rings. The van der Waals surface area contributed by atoms with E-state index in [2.05, 4.69) is 28.7 Å². The van der Waals surface area contributed by atoms with Crippen molar-refractivity contribution in [1.82, 2.24) is 15.5 Å². The van der Waals surface area contributed by atoms with Crippen molar-refractivity contribution in [2.75, 3.05) is 57.9 Å². The summed E-state index contributed by atoms with van der Waals surface area (Å²) in [7, 11) is 0. The quantitative estimate of drug-likeness (QED) is 0.390. The largest absolute Gasteiger partial charge is 0.379 e. The molecule has 1 unspecified atom stereocenters. The third kappa shape index (κ3) is 7.13. The fourth-order valence-corrected chi connectivity index (χ4v) is 3.38. The maximum Gasteiger partial charge on any atom is 0.191 e. The van der Waals surface area contributed by atoms with E-state index in [1.165, 1.54) is 12.1 Å². The first-order valence-corrected chi connectivity index (χ1v) is 10.7. The zero-order valence-corrected chi connectivity index (χ0v) is 16.7. The van der Waals surface area contributed by atoms with Gasteiger partial charge in [-0.2, -0.15) is 11.8 Å². The number of morpholine rings is 1. The Bertz CT molecular complexity index is 535. The first kappa shape index (κ1) is 21.0. The molecule has 146 valence electrons. The minimum Gasteiger partial charge on any atom is -0.379 e. The average molecular weight is 383 g/mol. The molecule has 0 spiro atoms. The molecule has 1 atom stereocenters. The summed E-state index contributed by atoms with van der Waals surface area (Å²) in [5.41, 5.74) is 1.09. The number of thioether (sulfide) groups is 1. The highest BCUT2D eigenvalue weighted by Crippen LogP contribution is 2.22. The van der Waals surface area contributed by atoms with Crippen molar-refractivity contribution < 1.29 is 9.13 Å². The number of nitrogens with one attached hydrogen (secondary N) is 2. The van der Waals surface area contributed by atoms with Crippen LogP contribution in [0.2, 0.25) is 0 Å². The smallest absolute Gasteiger partial charge is 0.191 e. The number of guanidine groups is 1. The summed E-state index contributed by atoms with van der Waals surface area (Å²) in [4.78, 5) is 7.17. The zero-order valence-electron chi connectivity index (χ0n) is 15.8. The minimum atomic E-state index is -0.207. The molecule has 1 saturated heterocycles.